The molecule has 0 unspecified atom stereocenters. The number of furan rings is 1. The first kappa shape index (κ1) is 13.3. The molecule has 1 aromatic heterocycles. The van der Waals surface area contributed by atoms with Gasteiger partial charge in [-0.15, -0.1) is 0 Å². The molecule has 1 heterocycles. The summed E-state index contributed by atoms with van der Waals surface area (Å²) in [5.41, 5.74) is 6.83. The normalized spacial score (nSPS) is 10.2. The summed E-state index contributed by atoms with van der Waals surface area (Å²) in [5, 5.41) is 0. The number of ether oxygens (including phenoxy) is 1. The van der Waals surface area contributed by atoms with Crippen LogP contribution in [0.25, 0.3) is 11.3 Å². The summed E-state index contributed by atoms with van der Waals surface area (Å²) in [6.07, 6.45) is 0. The molecule has 2 aromatic rings. The topological polar surface area (TPSA) is 65.5 Å². The van der Waals surface area contributed by atoms with Gasteiger partial charge in [-0.3, -0.25) is 0 Å². The molecular weight excluding hydrogens is 262 g/mol. The zero-order valence-electron chi connectivity index (χ0n) is 10.4. The molecule has 0 aliphatic rings. The molecule has 0 amide bonds. The third-order valence-electron chi connectivity index (χ3n) is 2.53. The predicted molar refractivity (Wildman–Crippen MR) is 76.0 cm³/mol. The highest BCUT2D eigenvalue weighted by Crippen LogP contribution is 2.22. The van der Waals surface area contributed by atoms with E-state index in [0.29, 0.717) is 23.7 Å². The molecule has 98 valence electrons. The molecule has 0 spiro atoms. The highest BCUT2D eigenvalue weighted by molar-refractivity contribution is 7.80. The molecule has 0 aliphatic heterocycles. The molecule has 1 aromatic carbocycles. The Balaban J connectivity index is 2.22. The number of carbonyl (C=O) groups is 1. The highest BCUT2D eigenvalue weighted by atomic mass is 32.1. The maximum Gasteiger partial charge on any atom is 0.338 e. The van der Waals surface area contributed by atoms with E-state index in [4.69, 9.17) is 27.1 Å². The van der Waals surface area contributed by atoms with Crippen molar-refractivity contribution < 1.29 is 13.9 Å². The number of nitrogens with two attached hydrogens (primary N) is 1. The van der Waals surface area contributed by atoms with Gasteiger partial charge < -0.3 is 14.9 Å². The van der Waals surface area contributed by atoms with E-state index in [1.807, 2.05) is 0 Å². The van der Waals surface area contributed by atoms with Crippen molar-refractivity contribution in [1.82, 2.24) is 0 Å². The van der Waals surface area contributed by atoms with Gasteiger partial charge in [0, 0.05) is 5.56 Å². The third-order valence-corrected chi connectivity index (χ3v) is 2.73. The predicted octanol–water partition coefficient (Wildman–Crippen LogP) is 2.76. The fraction of sp³-hybridized carbons (Fsp3) is 0.143. The van der Waals surface area contributed by atoms with Gasteiger partial charge in [0.15, 0.2) is 5.76 Å². The van der Waals surface area contributed by atoms with Crippen LogP contribution >= 0.6 is 12.2 Å². The molecular formula is C14H13NO3S. The Hall–Kier alpha value is -2.14. The molecule has 19 heavy (non-hydrogen) atoms. The summed E-state index contributed by atoms with van der Waals surface area (Å²) >= 11 is 4.83. The van der Waals surface area contributed by atoms with Crippen LogP contribution < -0.4 is 5.73 Å². The number of rotatable bonds is 4. The van der Waals surface area contributed by atoms with Gasteiger partial charge in [0.2, 0.25) is 0 Å². The van der Waals surface area contributed by atoms with E-state index in [1.54, 1.807) is 43.3 Å². The Bertz CT molecular complexity index is 601. The second-order valence-electron chi connectivity index (χ2n) is 3.83. The van der Waals surface area contributed by atoms with Crippen LogP contribution in [0.4, 0.5) is 0 Å². The Morgan fingerprint density at radius 2 is 1.95 bits per heavy atom. The van der Waals surface area contributed by atoms with Crippen LogP contribution in [-0.4, -0.2) is 17.6 Å². The quantitative estimate of drug-likeness (QED) is 0.686. The zero-order chi connectivity index (χ0) is 13.8. The zero-order valence-corrected chi connectivity index (χ0v) is 11.2. The Labute approximate surface area is 116 Å². The second-order valence-corrected chi connectivity index (χ2v) is 4.27. The van der Waals surface area contributed by atoms with Gasteiger partial charge in [-0.25, -0.2) is 4.79 Å². The average Bonchev–Trinajstić information content (AvgIpc) is 2.89. The van der Waals surface area contributed by atoms with Crippen LogP contribution in [0.5, 0.6) is 0 Å². The van der Waals surface area contributed by atoms with Gasteiger partial charge in [-0.2, -0.15) is 0 Å². The van der Waals surface area contributed by atoms with E-state index in [0.717, 1.165) is 5.56 Å². The minimum Gasteiger partial charge on any atom is -0.462 e. The van der Waals surface area contributed by atoms with Gasteiger partial charge in [0.25, 0.3) is 0 Å². The van der Waals surface area contributed by atoms with E-state index < -0.39 is 0 Å². The van der Waals surface area contributed by atoms with Crippen molar-refractivity contribution in [3.05, 3.63) is 47.7 Å². The van der Waals surface area contributed by atoms with Gasteiger partial charge in [-0.05, 0) is 31.2 Å². The molecule has 0 aliphatic carbocycles. The van der Waals surface area contributed by atoms with Crippen molar-refractivity contribution in [3.8, 4) is 11.3 Å². The summed E-state index contributed by atoms with van der Waals surface area (Å²) in [6.45, 7) is 2.13. The van der Waals surface area contributed by atoms with Crippen molar-refractivity contribution >= 4 is 23.2 Å². The lowest BCUT2D eigenvalue weighted by Gasteiger charge is -2.02. The van der Waals surface area contributed by atoms with Crippen molar-refractivity contribution in [1.29, 1.82) is 0 Å². The van der Waals surface area contributed by atoms with Gasteiger partial charge in [0.05, 0.1) is 12.2 Å². The van der Waals surface area contributed by atoms with Crippen LogP contribution in [0, 0.1) is 0 Å². The number of benzene rings is 1. The van der Waals surface area contributed by atoms with Crippen LogP contribution in [0.1, 0.15) is 23.0 Å². The fourth-order valence-electron chi connectivity index (χ4n) is 1.61. The summed E-state index contributed by atoms with van der Waals surface area (Å²) < 4.78 is 10.4. The largest absolute Gasteiger partial charge is 0.462 e. The lowest BCUT2D eigenvalue weighted by atomic mass is 10.1. The molecule has 4 nitrogen and oxygen atoms in total. The minimum atomic E-state index is -0.336. The summed E-state index contributed by atoms with van der Waals surface area (Å²) in [5.74, 6) is 0.787. The van der Waals surface area contributed by atoms with E-state index >= 15 is 0 Å². The monoisotopic (exact) mass is 275 g/mol. The SMILES string of the molecule is CCOC(=O)c1ccc(-c2ccc(C(N)=S)o2)cc1. The van der Waals surface area contributed by atoms with Crippen molar-refractivity contribution in [2.24, 2.45) is 5.73 Å². The Morgan fingerprint density at radius 1 is 1.26 bits per heavy atom. The molecule has 0 saturated carbocycles. The number of esters is 1. The number of carbonyl (C=O) groups excluding carboxylic acids is 1. The van der Waals surface area contributed by atoms with Gasteiger partial charge in [-0.1, -0.05) is 24.4 Å². The number of hydrogen-bond acceptors (Lipinski definition) is 4. The maximum atomic E-state index is 11.5. The van der Waals surface area contributed by atoms with Crippen LogP contribution in [0.15, 0.2) is 40.8 Å². The first-order chi connectivity index (χ1) is 9.11. The van der Waals surface area contributed by atoms with E-state index in [-0.39, 0.29) is 11.0 Å². The van der Waals surface area contributed by atoms with E-state index in [2.05, 4.69) is 0 Å². The van der Waals surface area contributed by atoms with Crippen LogP contribution in [0.2, 0.25) is 0 Å². The molecule has 5 heteroatoms. The van der Waals surface area contributed by atoms with Gasteiger partial charge >= 0.3 is 5.97 Å². The molecule has 2 N–H and O–H groups in total. The summed E-state index contributed by atoms with van der Waals surface area (Å²) in [4.78, 5) is 11.7. The molecule has 2 rings (SSSR count). The average molecular weight is 275 g/mol. The number of hydrogen-bond donors (Lipinski definition) is 1. The summed E-state index contributed by atoms with van der Waals surface area (Å²) in [6, 6.07) is 10.5. The third kappa shape index (κ3) is 3.00. The van der Waals surface area contributed by atoms with Crippen LogP contribution in [-0.2, 0) is 4.74 Å². The summed E-state index contributed by atoms with van der Waals surface area (Å²) in [7, 11) is 0. The van der Waals surface area contributed by atoms with Crippen molar-refractivity contribution in [2.45, 2.75) is 6.92 Å². The maximum absolute atomic E-state index is 11.5. The molecule has 0 fully saturated rings. The highest BCUT2D eigenvalue weighted by Gasteiger charge is 2.09. The minimum absolute atomic E-state index is 0.217. The number of thiocarbonyl (C=S) groups is 1. The van der Waals surface area contributed by atoms with E-state index in [1.165, 1.54) is 0 Å². The second kappa shape index (κ2) is 5.67. The first-order valence-corrected chi connectivity index (χ1v) is 6.20. The lowest BCUT2D eigenvalue weighted by Crippen LogP contribution is -2.07. The van der Waals surface area contributed by atoms with Crippen molar-refractivity contribution in [2.75, 3.05) is 6.61 Å². The van der Waals surface area contributed by atoms with Crippen molar-refractivity contribution in [3.63, 3.8) is 0 Å². The Kier molecular flexibility index (Phi) is 3.97. The standard InChI is InChI=1S/C14H13NO3S/c1-2-17-14(16)10-5-3-9(4-6-10)11-7-8-12(18-11)13(15)19/h3-8H,2H2,1H3,(H2,15,19). The van der Waals surface area contributed by atoms with Crippen LogP contribution in [0.3, 0.4) is 0 Å². The first-order valence-electron chi connectivity index (χ1n) is 5.79. The molecule has 0 bridgehead atoms. The smallest absolute Gasteiger partial charge is 0.338 e. The fourth-order valence-corrected chi connectivity index (χ4v) is 1.72. The Morgan fingerprint density at radius 3 is 2.47 bits per heavy atom. The molecule has 0 saturated heterocycles. The van der Waals surface area contributed by atoms with Gasteiger partial charge in [0.1, 0.15) is 10.7 Å². The molecule has 0 radical (unpaired) electrons. The molecule has 0 atom stereocenters. The van der Waals surface area contributed by atoms with E-state index in [9.17, 15) is 4.79 Å². The lowest BCUT2D eigenvalue weighted by molar-refractivity contribution is 0.0526.